The van der Waals surface area contributed by atoms with Crippen molar-refractivity contribution < 1.29 is 11.9 Å². The van der Waals surface area contributed by atoms with E-state index >= 15 is 0 Å². The van der Waals surface area contributed by atoms with E-state index in [9.17, 15) is 4.39 Å². The monoisotopic (exact) mass is 338 g/mol. The number of aromatic nitrogens is 6. The van der Waals surface area contributed by atoms with Crippen molar-refractivity contribution >= 4 is 11.0 Å². The van der Waals surface area contributed by atoms with E-state index in [1.54, 1.807) is 23.1 Å². The number of hydrogen-bond donors (Lipinski definition) is 1. The lowest BCUT2D eigenvalue weighted by atomic mass is 9.99. The van der Waals surface area contributed by atoms with Crippen molar-refractivity contribution in [2.75, 3.05) is 6.56 Å². The highest BCUT2D eigenvalue weighted by Gasteiger charge is 2.25. The van der Waals surface area contributed by atoms with Gasteiger partial charge in [0.25, 0.3) is 0 Å². The van der Waals surface area contributed by atoms with Crippen molar-refractivity contribution in [2.45, 2.75) is 13.2 Å². The Morgan fingerprint density at radius 3 is 3.08 bits per heavy atom. The first-order valence-corrected chi connectivity index (χ1v) is 7.66. The van der Waals surface area contributed by atoms with Crippen molar-refractivity contribution in [1.29, 1.82) is 0 Å². The quantitative estimate of drug-likeness (QED) is 0.607. The van der Waals surface area contributed by atoms with E-state index in [1.165, 1.54) is 6.07 Å². The molecule has 0 radical (unpaired) electrons. The van der Waals surface area contributed by atoms with E-state index in [0.29, 0.717) is 17.0 Å². The molecule has 8 heteroatoms. The highest BCUT2D eigenvalue weighted by atomic mass is 19.1. The van der Waals surface area contributed by atoms with E-state index in [-0.39, 0.29) is 13.2 Å². The molecule has 5 rings (SSSR count). The Morgan fingerprint density at radius 2 is 2.20 bits per heavy atom. The van der Waals surface area contributed by atoms with Crippen LogP contribution in [0.4, 0.5) is 4.39 Å². The Morgan fingerprint density at radius 1 is 1.24 bits per heavy atom. The molecule has 0 saturated carbocycles. The summed E-state index contributed by atoms with van der Waals surface area (Å²) in [6.45, 7) is -1.80. The number of fused-ring (bicyclic) bond motifs is 2. The number of ether oxygens (including phenoxy) is 1. The number of aromatic amines is 1. The molecule has 124 valence electrons. The maximum Gasteiger partial charge on any atom is 0.155 e. The van der Waals surface area contributed by atoms with Crippen LogP contribution in [-0.4, -0.2) is 36.5 Å². The fourth-order valence-electron chi connectivity index (χ4n) is 3.05. The molecule has 1 aliphatic rings. The minimum Gasteiger partial charge on any atom is -0.373 e. The van der Waals surface area contributed by atoms with Gasteiger partial charge in [0, 0.05) is 22.7 Å². The first-order chi connectivity index (χ1) is 13.0. The normalized spacial score (nSPS) is 17.2. The Hall–Kier alpha value is -3.13. The van der Waals surface area contributed by atoms with E-state index in [1.807, 2.05) is 6.07 Å². The first kappa shape index (κ1) is 12.3. The average Bonchev–Trinajstić information content (AvgIpc) is 3.25. The molecule has 0 spiro atoms. The molecule has 0 saturated heterocycles. The topological polar surface area (TPSA) is 81.5 Å². The van der Waals surface area contributed by atoms with Crippen molar-refractivity contribution in [3.63, 3.8) is 0 Å². The van der Waals surface area contributed by atoms with Crippen LogP contribution in [0.15, 0.2) is 36.8 Å². The maximum absolute atomic E-state index is 13.3. The predicted octanol–water partition coefficient (Wildman–Crippen LogP) is 2.55. The van der Waals surface area contributed by atoms with Gasteiger partial charge >= 0.3 is 0 Å². The van der Waals surface area contributed by atoms with Crippen LogP contribution in [0.2, 0.25) is 0 Å². The van der Waals surface area contributed by atoms with Gasteiger partial charge in [-0.15, -0.1) is 0 Å². The summed E-state index contributed by atoms with van der Waals surface area (Å²) in [4.78, 5) is 8.42. The second-order valence-electron chi connectivity index (χ2n) is 5.61. The van der Waals surface area contributed by atoms with E-state index in [4.69, 9.17) is 7.48 Å². The highest BCUT2D eigenvalue weighted by molar-refractivity contribution is 5.97. The molecule has 0 amide bonds. The minimum atomic E-state index is -1.81. The van der Waals surface area contributed by atoms with Crippen LogP contribution in [0, 0.1) is 5.82 Å². The minimum absolute atomic E-state index is 0.0455. The van der Waals surface area contributed by atoms with Gasteiger partial charge in [-0.2, -0.15) is 10.2 Å². The first-order valence-electron chi connectivity index (χ1n) is 8.66. The fraction of sp³-hybridized carbons (Fsp3) is 0.176. The van der Waals surface area contributed by atoms with Crippen molar-refractivity contribution in [1.82, 2.24) is 29.9 Å². The maximum atomic E-state index is 13.3. The molecule has 7 nitrogen and oxygen atoms in total. The van der Waals surface area contributed by atoms with Gasteiger partial charge in [-0.1, -0.05) is 0 Å². The largest absolute Gasteiger partial charge is 0.373 e. The van der Waals surface area contributed by atoms with Gasteiger partial charge in [0.05, 0.1) is 46.2 Å². The van der Waals surface area contributed by atoms with Crippen molar-refractivity contribution in [2.24, 2.45) is 0 Å². The second kappa shape index (κ2) is 5.45. The Bertz CT molecular complexity index is 1150. The molecule has 4 aromatic heterocycles. The number of H-pyrrole nitrogens is 1. The summed E-state index contributed by atoms with van der Waals surface area (Å²) in [6.07, 6.45) is 4.46. The van der Waals surface area contributed by atoms with Gasteiger partial charge in [-0.25, -0.2) is 9.37 Å². The summed E-state index contributed by atoms with van der Waals surface area (Å²) in [7, 11) is 0. The van der Waals surface area contributed by atoms with Crippen molar-refractivity contribution in [3.8, 4) is 22.5 Å². The summed E-state index contributed by atoms with van der Waals surface area (Å²) < 4.78 is 36.0. The van der Waals surface area contributed by atoms with Gasteiger partial charge < -0.3 is 4.74 Å². The zero-order valence-electron chi connectivity index (χ0n) is 14.9. The lowest BCUT2D eigenvalue weighted by Crippen LogP contribution is -2.17. The number of nitrogens with one attached hydrogen (secondary N) is 1. The molecular formula is C17H13FN6O. The lowest BCUT2D eigenvalue weighted by molar-refractivity contribution is 0.0805. The zero-order chi connectivity index (χ0) is 18.6. The summed E-state index contributed by atoms with van der Waals surface area (Å²) in [5, 5.41) is 12.3. The van der Waals surface area contributed by atoms with Crippen LogP contribution in [-0.2, 0) is 17.9 Å². The van der Waals surface area contributed by atoms with Crippen LogP contribution < -0.4 is 0 Å². The van der Waals surface area contributed by atoms with Crippen LogP contribution in [0.1, 0.15) is 8.44 Å². The van der Waals surface area contributed by atoms with E-state index in [0.717, 1.165) is 28.4 Å². The van der Waals surface area contributed by atoms with Gasteiger partial charge in [-0.3, -0.25) is 14.8 Å². The summed E-state index contributed by atoms with van der Waals surface area (Å²) in [6, 6.07) is 4.71. The molecule has 0 aliphatic carbocycles. The van der Waals surface area contributed by atoms with Gasteiger partial charge in [0.2, 0.25) is 0 Å². The lowest BCUT2D eigenvalue weighted by Gasteiger charge is -2.15. The average molecular weight is 338 g/mol. The van der Waals surface area contributed by atoms with Gasteiger partial charge in [0.1, 0.15) is 11.5 Å². The van der Waals surface area contributed by atoms with Gasteiger partial charge in [-0.05, 0) is 18.2 Å². The molecule has 0 aromatic carbocycles. The zero-order valence-corrected chi connectivity index (χ0v) is 12.9. The number of hydrogen-bond acceptors (Lipinski definition) is 5. The molecule has 0 atom stereocenters. The number of rotatable bonds is 2. The summed E-state index contributed by atoms with van der Waals surface area (Å²) >= 11 is 0. The fourth-order valence-corrected chi connectivity index (χ4v) is 3.05. The molecule has 0 fully saturated rings. The second-order valence-corrected chi connectivity index (χ2v) is 5.61. The summed E-state index contributed by atoms with van der Waals surface area (Å²) in [5.41, 5.74) is 3.93. The third-order valence-corrected chi connectivity index (χ3v) is 4.18. The Balaban J connectivity index is 1.79. The predicted molar refractivity (Wildman–Crippen MR) is 88.0 cm³/mol. The third-order valence-electron chi connectivity index (χ3n) is 4.18. The molecular weight excluding hydrogens is 323 g/mol. The highest BCUT2D eigenvalue weighted by Crippen LogP contribution is 2.38. The number of aryl methyl sites for hydroxylation is 1. The van der Waals surface area contributed by atoms with E-state index < -0.39 is 12.4 Å². The smallest absolute Gasteiger partial charge is 0.155 e. The van der Waals surface area contributed by atoms with Gasteiger partial charge in [0.15, 0.2) is 5.65 Å². The molecule has 0 unspecified atom stereocenters. The van der Waals surface area contributed by atoms with Crippen LogP contribution in [0.25, 0.3) is 33.5 Å². The molecule has 1 N–H and O–H groups in total. The third kappa shape index (κ3) is 2.22. The molecule has 0 bridgehead atoms. The molecule has 5 heterocycles. The van der Waals surface area contributed by atoms with Crippen LogP contribution in [0.5, 0.6) is 0 Å². The number of halogens is 1. The SMILES string of the molecule is [2H]C1([2H])Cn2nc(-c3ccc(F)cn3)c(-c3ccnc4[nH]ncc34)c2CO1. The molecule has 1 aliphatic heterocycles. The van der Waals surface area contributed by atoms with Crippen LogP contribution >= 0.6 is 0 Å². The molecule has 4 aromatic rings. The standard InChI is InChI=1S/C17H13FN6O/c18-10-1-2-13(20-7-10)16-15(14-9-25-6-5-24(14)23-16)11-3-4-19-17-12(11)8-21-22-17/h1-4,7-8H,5-6,9H2,(H,19,21,22)/i6D2. The van der Waals surface area contributed by atoms with Crippen LogP contribution in [0.3, 0.4) is 0 Å². The summed E-state index contributed by atoms with van der Waals surface area (Å²) in [5.74, 6) is -0.440. The van der Waals surface area contributed by atoms with Crippen molar-refractivity contribution in [3.05, 3.63) is 48.3 Å². The number of nitrogens with zero attached hydrogens (tertiary/aromatic N) is 5. The Labute approximate surface area is 144 Å². The molecule has 25 heavy (non-hydrogen) atoms. The van der Waals surface area contributed by atoms with E-state index in [2.05, 4.69) is 25.3 Å². The Kier molecular flexibility index (Phi) is 2.68. The number of pyridine rings is 2.